The minimum absolute atomic E-state index is 0.00332. The van der Waals surface area contributed by atoms with E-state index in [1.807, 2.05) is 64.1 Å². The molecule has 4 nitrogen and oxygen atoms in total. The largest absolute Gasteiger partial charge is 0.352 e. The normalized spacial score (nSPS) is 12.8. The van der Waals surface area contributed by atoms with Gasteiger partial charge in [0.1, 0.15) is 6.04 Å². The van der Waals surface area contributed by atoms with Crippen molar-refractivity contribution in [2.75, 3.05) is 5.75 Å². The molecule has 0 spiro atoms. The van der Waals surface area contributed by atoms with Crippen molar-refractivity contribution in [3.8, 4) is 0 Å². The summed E-state index contributed by atoms with van der Waals surface area (Å²) in [4.78, 5) is 27.9. The lowest BCUT2D eigenvalue weighted by atomic mass is 10.1. The van der Waals surface area contributed by atoms with E-state index in [1.165, 1.54) is 5.56 Å². The summed E-state index contributed by atoms with van der Waals surface area (Å²) >= 11 is 1.59. The summed E-state index contributed by atoms with van der Waals surface area (Å²) < 4.78 is 0. The van der Waals surface area contributed by atoms with Crippen molar-refractivity contribution < 1.29 is 9.59 Å². The topological polar surface area (TPSA) is 49.4 Å². The fourth-order valence-corrected chi connectivity index (χ4v) is 4.15. The highest BCUT2D eigenvalue weighted by atomic mass is 32.2. The van der Waals surface area contributed by atoms with Gasteiger partial charge < -0.3 is 10.2 Å². The molecule has 2 amide bonds. The van der Waals surface area contributed by atoms with Gasteiger partial charge in [0.2, 0.25) is 11.8 Å². The Labute approximate surface area is 185 Å². The number of benzene rings is 2. The van der Waals surface area contributed by atoms with Crippen molar-refractivity contribution in [1.29, 1.82) is 0 Å². The van der Waals surface area contributed by atoms with E-state index in [0.29, 0.717) is 18.7 Å². The van der Waals surface area contributed by atoms with Crippen LogP contribution in [0.1, 0.15) is 50.3 Å². The van der Waals surface area contributed by atoms with Crippen LogP contribution in [-0.2, 0) is 21.9 Å². The molecular formula is C25H34N2O2S. The number of carbonyl (C=O) groups is 2. The first kappa shape index (κ1) is 24.0. The van der Waals surface area contributed by atoms with Gasteiger partial charge in [-0.3, -0.25) is 9.59 Å². The van der Waals surface area contributed by atoms with E-state index in [-0.39, 0.29) is 17.9 Å². The highest BCUT2D eigenvalue weighted by Crippen LogP contribution is 2.18. The van der Waals surface area contributed by atoms with Crippen molar-refractivity contribution in [3.63, 3.8) is 0 Å². The Morgan fingerprint density at radius 1 is 1.00 bits per heavy atom. The molecule has 162 valence electrons. The molecular weight excluding hydrogens is 392 g/mol. The Bertz CT molecular complexity index is 810. The molecule has 0 saturated heterocycles. The number of hydrogen-bond acceptors (Lipinski definition) is 3. The monoisotopic (exact) mass is 426 g/mol. The Balaban J connectivity index is 2.13. The fraction of sp³-hybridized carbons (Fsp3) is 0.440. The molecule has 0 fully saturated rings. The zero-order valence-corrected chi connectivity index (χ0v) is 19.4. The number of amides is 2. The molecule has 0 unspecified atom stereocenters. The summed E-state index contributed by atoms with van der Waals surface area (Å²) in [5.74, 6) is 1.07. The second-order valence-electron chi connectivity index (χ2n) is 7.73. The molecule has 0 aliphatic rings. The molecule has 0 bridgehead atoms. The van der Waals surface area contributed by atoms with Gasteiger partial charge in [0, 0.05) is 18.3 Å². The highest BCUT2D eigenvalue weighted by molar-refractivity contribution is 7.99. The molecule has 5 heteroatoms. The van der Waals surface area contributed by atoms with E-state index in [4.69, 9.17) is 0 Å². The van der Waals surface area contributed by atoms with E-state index in [9.17, 15) is 9.59 Å². The first-order valence-electron chi connectivity index (χ1n) is 10.7. The van der Waals surface area contributed by atoms with Crippen molar-refractivity contribution in [1.82, 2.24) is 10.2 Å². The van der Waals surface area contributed by atoms with Gasteiger partial charge in [-0.1, -0.05) is 74.0 Å². The lowest BCUT2D eigenvalue weighted by Gasteiger charge is -2.31. The minimum atomic E-state index is -0.468. The van der Waals surface area contributed by atoms with E-state index in [2.05, 4.69) is 23.5 Å². The molecule has 0 aliphatic heterocycles. The summed E-state index contributed by atoms with van der Waals surface area (Å²) in [6.45, 7) is 8.49. The second-order valence-corrected chi connectivity index (χ2v) is 8.72. The van der Waals surface area contributed by atoms with Crippen LogP contribution in [0.3, 0.4) is 0 Å². The maximum atomic E-state index is 13.2. The van der Waals surface area contributed by atoms with Gasteiger partial charge in [0.25, 0.3) is 0 Å². The predicted molar refractivity (Wildman–Crippen MR) is 126 cm³/mol. The van der Waals surface area contributed by atoms with E-state index < -0.39 is 6.04 Å². The Hall–Kier alpha value is -2.27. The molecule has 0 aromatic heterocycles. The average Bonchev–Trinajstić information content (AvgIpc) is 2.74. The number of nitrogens with one attached hydrogen (secondary N) is 1. The SMILES string of the molecule is CC[C@@H](C)NC(=O)[C@H](CC)N(Cc1cccc(C)c1)C(=O)CSCc1ccccc1. The number of hydrogen-bond donors (Lipinski definition) is 1. The van der Waals surface area contributed by atoms with Crippen LogP contribution in [0.2, 0.25) is 0 Å². The number of thioether (sulfide) groups is 1. The molecule has 30 heavy (non-hydrogen) atoms. The van der Waals surface area contributed by atoms with Gasteiger partial charge in [0.05, 0.1) is 5.75 Å². The third kappa shape index (κ3) is 7.52. The summed E-state index contributed by atoms with van der Waals surface area (Å²) in [5, 5.41) is 3.06. The second kappa shape index (κ2) is 12.4. The standard InChI is InChI=1S/C25H34N2O2S/c1-5-20(4)26-25(29)23(6-2)27(16-22-14-10-11-19(3)15-22)24(28)18-30-17-21-12-8-7-9-13-21/h7-15,20,23H,5-6,16-18H2,1-4H3,(H,26,29)/t20-,23+/m1/s1. The van der Waals surface area contributed by atoms with E-state index in [0.717, 1.165) is 23.3 Å². The van der Waals surface area contributed by atoms with Crippen molar-refractivity contribution in [3.05, 3.63) is 71.3 Å². The van der Waals surface area contributed by atoms with Crippen LogP contribution in [-0.4, -0.2) is 34.6 Å². The summed E-state index contributed by atoms with van der Waals surface area (Å²) in [5.41, 5.74) is 3.39. The maximum absolute atomic E-state index is 13.2. The summed E-state index contributed by atoms with van der Waals surface area (Å²) in [6.07, 6.45) is 1.45. The number of carbonyl (C=O) groups excluding carboxylic acids is 2. The summed E-state index contributed by atoms with van der Waals surface area (Å²) in [7, 11) is 0. The molecule has 2 aromatic carbocycles. The van der Waals surface area contributed by atoms with Crippen LogP contribution >= 0.6 is 11.8 Å². The highest BCUT2D eigenvalue weighted by Gasteiger charge is 2.29. The quantitative estimate of drug-likeness (QED) is 0.553. The summed E-state index contributed by atoms with van der Waals surface area (Å²) in [6, 6.07) is 17.9. The van der Waals surface area contributed by atoms with Gasteiger partial charge in [-0.25, -0.2) is 0 Å². The van der Waals surface area contributed by atoms with Crippen LogP contribution < -0.4 is 5.32 Å². The lowest BCUT2D eigenvalue weighted by molar-refractivity contribution is -0.139. The minimum Gasteiger partial charge on any atom is -0.352 e. The molecule has 1 N–H and O–H groups in total. The Kier molecular flexibility index (Phi) is 9.95. The Morgan fingerprint density at radius 2 is 1.70 bits per heavy atom. The maximum Gasteiger partial charge on any atom is 0.243 e. The van der Waals surface area contributed by atoms with E-state index in [1.54, 1.807) is 16.7 Å². The molecule has 0 aliphatic carbocycles. The molecule has 2 rings (SSSR count). The first-order valence-corrected chi connectivity index (χ1v) is 11.9. The third-order valence-corrected chi connectivity index (χ3v) is 6.15. The van der Waals surface area contributed by atoms with Gasteiger partial charge in [0.15, 0.2) is 0 Å². The van der Waals surface area contributed by atoms with Crippen LogP contribution in [0.5, 0.6) is 0 Å². The van der Waals surface area contributed by atoms with Crippen LogP contribution in [0.25, 0.3) is 0 Å². The van der Waals surface area contributed by atoms with Gasteiger partial charge in [-0.15, -0.1) is 11.8 Å². The number of nitrogens with zero attached hydrogens (tertiary/aromatic N) is 1. The average molecular weight is 427 g/mol. The fourth-order valence-electron chi connectivity index (χ4n) is 3.28. The molecule has 0 radical (unpaired) electrons. The van der Waals surface area contributed by atoms with Crippen molar-refractivity contribution in [2.45, 2.75) is 64.9 Å². The number of rotatable bonds is 11. The Morgan fingerprint density at radius 3 is 2.33 bits per heavy atom. The van der Waals surface area contributed by atoms with Gasteiger partial charge in [-0.05, 0) is 37.8 Å². The lowest BCUT2D eigenvalue weighted by Crippen LogP contribution is -2.51. The van der Waals surface area contributed by atoms with Crippen molar-refractivity contribution >= 4 is 23.6 Å². The van der Waals surface area contributed by atoms with Crippen molar-refractivity contribution in [2.24, 2.45) is 0 Å². The molecule has 0 saturated carbocycles. The van der Waals surface area contributed by atoms with Crippen LogP contribution in [0.15, 0.2) is 54.6 Å². The predicted octanol–water partition coefficient (Wildman–Crippen LogP) is 4.95. The zero-order chi connectivity index (χ0) is 21.9. The van der Waals surface area contributed by atoms with Crippen LogP contribution in [0, 0.1) is 6.92 Å². The molecule has 0 heterocycles. The molecule has 2 atom stereocenters. The zero-order valence-electron chi connectivity index (χ0n) is 18.6. The molecule has 2 aromatic rings. The first-order chi connectivity index (χ1) is 14.4. The number of aryl methyl sites for hydroxylation is 1. The van der Waals surface area contributed by atoms with Gasteiger partial charge in [-0.2, -0.15) is 0 Å². The van der Waals surface area contributed by atoms with Gasteiger partial charge >= 0.3 is 0 Å². The smallest absolute Gasteiger partial charge is 0.243 e. The van der Waals surface area contributed by atoms with E-state index >= 15 is 0 Å². The third-order valence-electron chi connectivity index (χ3n) is 5.16. The van der Waals surface area contributed by atoms with Crippen LogP contribution in [0.4, 0.5) is 0 Å².